The molecule has 0 atom stereocenters. The molecular formula is C10H23NO3Si. The van der Waals surface area contributed by atoms with Crippen molar-refractivity contribution in [3.8, 4) is 0 Å². The highest BCUT2D eigenvalue weighted by molar-refractivity contribution is 6.08. The van der Waals surface area contributed by atoms with Crippen LogP contribution in [0.4, 0.5) is 0 Å². The van der Waals surface area contributed by atoms with Gasteiger partial charge in [0.05, 0.1) is 13.2 Å². The smallest absolute Gasteiger partial charge is 0.296 e. The summed E-state index contributed by atoms with van der Waals surface area (Å²) in [6.07, 6.45) is 0. The summed E-state index contributed by atoms with van der Waals surface area (Å²) in [5, 5.41) is 0. The zero-order chi connectivity index (χ0) is 11.1. The minimum absolute atomic E-state index is 0.620. The number of morpholine rings is 1. The normalized spacial score (nSPS) is 22.0. The van der Waals surface area contributed by atoms with E-state index in [9.17, 15) is 0 Å². The Kier molecular flexibility index (Phi) is 5.77. The molecule has 0 saturated carbocycles. The fourth-order valence-electron chi connectivity index (χ4n) is 1.89. The molecule has 1 rings (SSSR count). The molecule has 0 aromatic rings. The Hall–Kier alpha value is 0.0569. The van der Waals surface area contributed by atoms with Crippen LogP contribution in [0.2, 0.25) is 6.04 Å². The zero-order valence-corrected chi connectivity index (χ0v) is 12.1. The van der Waals surface area contributed by atoms with Gasteiger partial charge < -0.3 is 14.2 Å². The molecule has 1 heterocycles. The lowest BCUT2D eigenvalue weighted by atomic mass is 10.3. The van der Waals surface area contributed by atoms with Crippen molar-refractivity contribution in [3.63, 3.8) is 0 Å². The van der Waals surface area contributed by atoms with E-state index >= 15 is 0 Å². The maximum Gasteiger partial charge on any atom is 0.296 e. The maximum absolute atomic E-state index is 5.65. The van der Waals surface area contributed by atoms with Gasteiger partial charge in [-0.15, -0.1) is 0 Å². The van der Waals surface area contributed by atoms with Crippen LogP contribution < -0.4 is 0 Å². The zero-order valence-electron chi connectivity index (χ0n) is 10.1. The van der Waals surface area contributed by atoms with Crippen LogP contribution >= 0.6 is 0 Å². The second-order valence-corrected chi connectivity index (χ2v) is 4.67. The number of rotatable bonds is 6. The predicted octanol–water partition coefficient (Wildman–Crippen LogP) is -0.171. The van der Waals surface area contributed by atoms with E-state index in [-0.39, 0.29) is 0 Å². The van der Waals surface area contributed by atoms with Gasteiger partial charge in [-0.25, -0.2) is 0 Å². The van der Waals surface area contributed by atoms with E-state index in [0.29, 0.717) is 19.8 Å². The highest BCUT2D eigenvalue weighted by Crippen LogP contribution is 2.21. The first-order valence-electron chi connectivity index (χ1n) is 5.90. The van der Waals surface area contributed by atoms with E-state index in [1.54, 1.807) is 0 Å². The molecule has 0 spiro atoms. The van der Waals surface area contributed by atoms with E-state index in [1.165, 1.54) is 16.3 Å². The second kappa shape index (κ2) is 6.60. The fraction of sp³-hybridized carbons (Fsp3) is 1.00. The lowest BCUT2D eigenvalue weighted by Gasteiger charge is -2.41. The van der Waals surface area contributed by atoms with Crippen molar-refractivity contribution in [2.24, 2.45) is 0 Å². The van der Waals surface area contributed by atoms with Gasteiger partial charge in [-0.05, 0) is 20.4 Å². The predicted molar refractivity (Wildman–Crippen MR) is 63.1 cm³/mol. The van der Waals surface area contributed by atoms with Gasteiger partial charge in [0, 0.05) is 30.0 Å². The highest BCUT2D eigenvalue weighted by Gasteiger charge is 2.38. The Bertz CT molecular complexity index is 167. The third kappa shape index (κ3) is 3.84. The van der Waals surface area contributed by atoms with E-state index in [4.69, 9.17) is 14.2 Å². The van der Waals surface area contributed by atoms with Crippen molar-refractivity contribution >= 4 is 10.2 Å². The van der Waals surface area contributed by atoms with Crippen LogP contribution in [0.1, 0.15) is 13.8 Å². The molecule has 0 aromatic heterocycles. The fourth-order valence-corrected chi connectivity index (χ4v) is 2.52. The molecule has 0 amide bonds. The average molecular weight is 233 g/mol. The molecule has 4 nitrogen and oxygen atoms in total. The highest BCUT2D eigenvalue weighted by atomic mass is 28.1. The van der Waals surface area contributed by atoms with Gasteiger partial charge in [0.15, 0.2) is 0 Å². The number of hydrogen-bond acceptors (Lipinski definition) is 4. The Morgan fingerprint density at radius 1 is 1.33 bits per heavy atom. The van der Waals surface area contributed by atoms with Crippen LogP contribution in [-0.4, -0.2) is 60.6 Å². The van der Waals surface area contributed by atoms with Crippen molar-refractivity contribution in [3.05, 3.63) is 0 Å². The van der Waals surface area contributed by atoms with Gasteiger partial charge in [-0.2, -0.15) is 0 Å². The summed E-state index contributed by atoms with van der Waals surface area (Å²) in [6, 6.07) is 1.29. The third-order valence-electron chi connectivity index (χ3n) is 2.42. The SMILES string of the molecule is CCOC1(OCC)CN(CC[SiH3])CCO1. The summed E-state index contributed by atoms with van der Waals surface area (Å²) in [4.78, 5) is 2.36. The lowest BCUT2D eigenvalue weighted by Crippen LogP contribution is -2.55. The first-order valence-corrected chi connectivity index (χ1v) is 7.32. The number of ether oxygens (including phenoxy) is 3. The molecule has 1 aliphatic rings. The molecular weight excluding hydrogens is 210 g/mol. The lowest BCUT2D eigenvalue weighted by molar-refractivity contribution is -0.395. The van der Waals surface area contributed by atoms with Crippen LogP contribution in [0.3, 0.4) is 0 Å². The molecule has 5 heteroatoms. The summed E-state index contributed by atoms with van der Waals surface area (Å²) >= 11 is 0. The number of hydrogen-bond donors (Lipinski definition) is 0. The molecule has 1 saturated heterocycles. The van der Waals surface area contributed by atoms with Gasteiger partial charge in [-0.3, -0.25) is 4.90 Å². The monoisotopic (exact) mass is 233 g/mol. The Balaban J connectivity index is 2.53. The second-order valence-electron chi connectivity index (χ2n) is 3.67. The quantitative estimate of drug-likeness (QED) is 0.471. The van der Waals surface area contributed by atoms with Gasteiger partial charge in [0.25, 0.3) is 5.97 Å². The number of nitrogens with zero attached hydrogens (tertiary/aromatic N) is 1. The Morgan fingerprint density at radius 3 is 2.53 bits per heavy atom. The summed E-state index contributed by atoms with van der Waals surface area (Å²) in [5.41, 5.74) is 0. The summed E-state index contributed by atoms with van der Waals surface area (Å²) in [6.45, 7) is 8.73. The molecule has 0 bridgehead atoms. The summed E-state index contributed by atoms with van der Waals surface area (Å²) < 4.78 is 16.9. The van der Waals surface area contributed by atoms with Gasteiger partial charge >= 0.3 is 0 Å². The minimum Gasteiger partial charge on any atom is -0.327 e. The molecule has 0 unspecified atom stereocenters. The van der Waals surface area contributed by atoms with E-state index in [1.807, 2.05) is 13.8 Å². The first-order chi connectivity index (χ1) is 7.26. The van der Waals surface area contributed by atoms with E-state index < -0.39 is 5.97 Å². The molecule has 15 heavy (non-hydrogen) atoms. The first kappa shape index (κ1) is 13.1. The van der Waals surface area contributed by atoms with Crippen LogP contribution in [0.5, 0.6) is 0 Å². The Morgan fingerprint density at radius 2 is 2.00 bits per heavy atom. The third-order valence-corrected chi connectivity index (χ3v) is 2.86. The molecule has 0 N–H and O–H groups in total. The average Bonchev–Trinajstić information content (AvgIpc) is 2.19. The van der Waals surface area contributed by atoms with Crippen molar-refractivity contribution in [1.29, 1.82) is 0 Å². The van der Waals surface area contributed by atoms with Crippen molar-refractivity contribution in [1.82, 2.24) is 4.90 Å². The minimum atomic E-state index is -0.807. The molecule has 0 radical (unpaired) electrons. The standard InChI is InChI=1S/C10H23NO3Si/c1-3-12-10(13-4-2)9-11(6-8-15)5-7-14-10/h3-9H2,1-2,15H3. The maximum atomic E-state index is 5.65. The largest absolute Gasteiger partial charge is 0.327 e. The Labute approximate surface area is 95.3 Å². The van der Waals surface area contributed by atoms with E-state index in [0.717, 1.165) is 19.6 Å². The van der Waals surface area contributed by atoms with E-state index in [2.05, 4.69) is 4.90 Å². The van der Waals surface area contributed by atoms with Crippen LogP contribution in [-0.2, 0) is 14.2 Å². The van der Waals surface area contributed by atoms with Crippen LogP contribution in [0.15, 0.2) is 0 Å². The van der Waals surface area contributed by atoms with Crippen molar-refractivity contribution in [2.45, 2.75) is 25.9 Å². The van der Waals surface area contributed by atoms with Crippen LogP contribution in [0, 0.1) is 0 Å². The molecule has 0 aromatic carbocycles. The van der Waals surface area contributed by atoms with Gasteiger partial charge in [0.1, 0.15) is 0 Å². The summed E-state index contributed by atoms with van der Waals surface area (Å²) in [5.74, 6) is -0.807. The van der Waals surface area contributed by atoms with Gasteiger partial charge in [0.2, 0.25) is 0 Å². The molecule has 1 aliphatic heterocycles. The van der Waals surface area contributed by atoms with Crippen molar-refractivity contribution in [2.75, 3.05) is 39.5 Å². The van der Waals surface area contributed by atoms with Gasteiger partial charge in [-0.1, -0.05) is 6.04 Å². The van der Waals surface area contributed by atoms with Crippen LogP contribution in [0.25, 0.3) is 0 Å². The topological polar surface area (TPSA) is 30.9 Å². The molecule has 0 aliphatic carbocycles. The summed E-state index contributed by atoms with van der Waals surface area (Å²) in [7, 11) is 1.25. The molecule has 90 valence electrons. The van der Waals surface area contributed by atoms with Crippen molar-refractivity contribution < 1.29 is 14.2 Å². The molecule has 1 fully saturated rings.